The van der Waals surface area contributed by atoms with E-state index in [1.165, 1.54) is 17.3 Å². The molecular weight excluding hydrogens is 400 g/mol. The van der Waals surface area contributed by atoms with Gasteiger partial charge in [-0.3, -0.25) is 4.79 Å². The summed E-state index contributed by atoms with van der Waals surface area (Å²) >= 11 is 0. The van der Waals surface area contributed by atoms with Crippen LogP contribution in [0.2, 0.25) is 0 Å². The third-order valence-corrected chi connectivity index (χ3v) is 5.83. The predicted octanol–water partition coefficient (Wildman–Crippen LogP) is 4.65. The summed E-state index contributed by atoms with van der Waals surface area (Å²) < 4.78 is 1.48. The van der Waals surface area contributed by atoms with E-state index in [-0.39, 0.29) is 5.78 Å². The first-order chi connectivity index (χ1) is 15.6. The number of rotatable bonds is 5. The van der Waals surface area contributed by atoms with Crippen LogP contribution in [0, 0.1) is 13.8 Å². The van der Waals surface area contributed by atoms with Gasteiger partial charge in [0, 0.05) is 11.1 Å². The molecule has 6 nitrogen and oxygen atoms in total. The molecule has 0 bridgehead atoms. The molecule has 1 aliphatic heterocycles. The van der Waals surface area contributed by atoms with E-state index in [9.17, 15) is 4.79 Å². The molecule has 0 radical (unpaired) electrons. The molecule has 0 aliphatic carbocycles. The van der Waals surface area contributed by atoms with Crippen molar-refractivity contribution in [2.75, 3.05) is 0 Å². The van der Waals surface area contributed by atoms with Crippen molar-refractivity contribution in [3.8, 4) is 0 Å². The number of ketones is 1. The van der Waals surface area contributed by atoms with Gasteiger partial charge in [0.25, 0.3) is 0 Å². The minimum absolute atomic E-state index is 0.236. The van der Waals surface area contributed by atoms with Crippen LogP contribution in [-0.4, -0.2) is 26.3 Å². The van der Waals surface area contributed by atoms with E-state index in [0.717, 1.165) is 22.3 Å². The van der Waals surface area contributed by atoms with Gasteiger partial charge in [0.2, 0.25) is 5.78 Å². The second-order valence-corrected chi connectivity index (χ2v) is 8.01. The maximum Gasteiger partial charge on any atom is 0.305 e. The number of aromatic nitrogens is 3. The molecule has 0 amide bonds. The van der Waals surface area contributed by atoms with Crippen molar-refractivity contribution in [1.82, 2.24) is 14.8 Å². The Kier molecular flexibility index (Phi) is 4.90. The van der Waals surface area contributed by atoms with Gasteiger partial charge in [-0.25, -0.2) is 9.67 Å². The van der Waals surface area contributed by atoms with Gasteiger partial charge < -0.3 is 4.84 Å². The average Bonchev–Trinajstić information content (AvgIpc) is 3.49. The Bertz CT molecular complexity index is 1260. The van der Waals surface area contributed by atoms with Crippen molar-refractivity contribution in [1.29, 1.82) is 0 Å². The van der Waals surface area contributed by atoms with E-state index in [0.29, 0.717) is 11.3 Å². The minimum Gasteiger partial charge on any atom is -0.355 e. The number of nitrogens with zero attached hydrogens (tertiary/aromatic N) is 4. The quantitative estimate of drug-likeness (QED) is 0.439. The van der Waals surface area contributed by atoms with Crippen molar-refractivity contribution in [3.05, 3.63) is 119 Å². The van der Waals surface area contributed by atoms with Crippen molar-refractivity contribution >= 4 is 11.5 Å². The summed E-state index contributed by atoms with van der Waals surface area (Å²) in [5, 5.41) is 8.82. The number of aryl methyl sites for hydroxylation is 2. The summed E-state index contributed by atoms with van der Waals surface area (Å²) in [4.78, 5) is 24.3. The van der Waals surface area contributed by atoms with Gasteiger partial charge in [-0.05, 0) is 19.4 Å². The molecule has 0 saturated carbocycles. The molecule has 2 atom stereocenters. The highest BCUT2D eigenvalue weighted by atomic mass is 16.7. The first kappa shape index (κ1) is 19.9. The standard InChI is InChI=1S/C26H22N4O2/c1-18-8-12-20(13-9-18)23-24(21-14-10-19(2)11-15-21)29-32-26(23,30-17-27-16-28-30)25(31)22-6-4-3-5-7-22/h3-17,23H,1-2H3. The lowest BCUT2D eigenvalue weighted by molar-refractivity contribution is -0.0711. The summed E-state index contributed by atoms with van der Waals surface area (Å²) in [6.45, 7) is 4.07. The summed E-state index contributed by atoms with van der Waals surface area (Å²) in [5.74, 6) is -0.764. The van der Waals surface area contributed by atoms with Gasteiger partial charge in [-0.2, -0.15) is 5.10 Å². The van der Waals surface area contributed by atoms with E-state index < -0.39 is 11.6 Å². The van der Waals surface area contributed by atoms with Gasteiger partial charge in [0.05, 0.1) is 0 Å². The maximum absolute atomic E-state index is 14.1. The third kappa shape index (κ3) is 3.21. The number of carbonyl (C=O) groups excluding carboxylic acids is 1. The lowest BCUT2D eigenvalue weighted by Gasteiger charge is -2.32. The van der Waals surface area contributed by atoms with Gasteiger partial charge in [0.1, 0.15) is 24.3 Å². The monoisotopic (exact) mass is 422 g/mol. The van der Waals surface area contributed by atoms with Crippen LogP contribution in [-0.2, 0) is 10.6 Å². The van der Waals surface area contributed by atoms with Crippen LogP contribution < -0.4 is 0 Å². The normalized spacial score (nSPS) is 19.9. The smallest absolute Gasteiger partial charge is 0.305 e. The molecule has 158 valence electrons. The van der Waals surface area contributed by atoms with Crippen LogP contribution in [0.25, 0.3) is 0 Å². The molecule has 1 aliphatic rings. The molecule has 0 saturated heterocycles. The van der Waals surface area contributed by atoms with Crippen molar-refractivity contribution in [2.24, 2.45) is 5.16 Å². The summed E-state index contributed by atoms with van der Waals surface area (Å²) in [6.07, 6.45) is 2.91. The molecule has 2 unspecified atom stereocenters. The number of carbonyl (C=O) groups is 1. The van der Waals surface area contributed by atoms with E-state index in [1.54, 1.807) is 12.1 Å². The SMILES string of the molecule is Cc1ccc(C2=NOC(C(=O)c3ccccc3)(n3cncn3)C2c2ccc(C)cc2)cc1. The largest absolute Gasteiger partial charge is 0.355 e. The number of hydrogen-bond acceptors (Lipinski definition) is 5. The molecule has 0 spiro atoms. The summed E-state index contributed by atoms with van der Waals surface area (Å²) in [7, 11) is 0. The fourth-order valence-corrected chi connectivity index (χ4v) is 4.12. The van der Waals surface area contributed by atoms with Crippen LogP contribution in [0.5, 0.6) is 0 Å². The molecule has 5 rings (SSSR count). The molecule has 4 aromatic rings. The van der Waals surface area contributed by atoms with Crippen LogP contribution in [0.3, 0.4) is 0 Å². The second-order valence-electron chi connectivity index (χ2n) is 8.01. The van der Waals surface area contributed by atoms with Gasteiger partial charge in [-0.15, -0.1) is 0 Å². The molecule has 1 aromatic heterocycles. The van der Waals surface area contributed by atoms with Crippen molar-refractivity contribution < 1.29 is 9.63 Å². The highest BCUT2D eigenvalue weighted by molar-refractivity contribution is 6.13. The Morgan fingerprint density at radius 1 is 0.906 bits per heavy atom. The molecular formula is C26H22N4O2. The Morgan fingerprint density at radius 3 is 2.19 bits per heavy atom. The first-order valence-corrected chi connectivity index (χ1v) is 10.4. The molecule has 0 N–H and O–H groups in total. The van der Waals surface area contributed by atoms with Gasteiger partial charge in [0.15, 0.2) is 0 Å². The zero-order valence-corrected chi connectivity index (χ0v) is 17.8. The Labute approximate surface area is 186 Å². The maximum atomic E-state index is 14.1. The lowest BCUT2D eigenvalue weighted by atomic mass is 9.78. The Balaban J connectivity index is 1.74. The molecule has 2 heterocycles. The van der Waals surface area contributed by atoms with E-state index in [1.807, 2.05) is 80.6 Å². The first-order valence-electron chi connectivity index (χ1n) is 10.4. The van der Waals surface area contributed by atoms with E-state index >= 15 is 0 Å². The summed E-state index contributed by atoms with van der Waals surface area (Å²) in [5.41, 5.74) is 3.73. The van der Waals surface area contributed by atoms with Gasteiger partial charge in [-0.1, -0.05) is 95.1 Å². The topological polar surface area (TPSA) is 69.4 Å². The number of hydrogen-bond donors (Lipinski definition) is 0. The molecule has 32 heavy (non-hydrogen) atoms. The number of benzene rings is 3. The Hall–Kier alpha value is -4.06. The van der Waals surface area contributed by atoms with E-state index in [4.69, 9.17) is 4.84 Å². The highest BCUT2D eigenvalue weighted by Gasteiger charge is 2.58. The molecule has 0 fully saturated rings. The molecule has 6 heteroatoms. The van der Waals surface area contributed by atoms with Crippen molar-refractivity contribution in [3.63, 3.8) is 0 Å². The fourth-order valence-electron chi connectivity index (χ4n) is 4.12. The van der Waals surface area contributed by atoms with Crippen LogP contribution in [0.15, 0.2) is 96.7 Å². The van der Waals surface area contributed by atoms with Crippen LogP contribution >= 0.6 is 0 Å². The predicted molar refractivity (Wildman–Crippen MR) is 121 cm³/mol. The van der Waals surface area contributed by atoms with Crippen LogP contribution in [0.1, 0.15) is 38.5 Å². The minimum atomic E-state index is -1.53. The van der Waals surface area contributed by atoms with Crippen LogP contribution in [0.4, 0.5) is 0 Å². The van der Waals surface area contributed by atoms with Crippen molar-refractivity contribution in [2.45, 2.75) is 25.5 Å². The third-order valence-electron chi connectivity index (χ3n) is 5.83. The summed E-state index contributed by atoms with van der Waals surface area (Å²) in [6, 6.07) is 25.2. The second kappa shape index (κ2) is 7.89. The fraction of sp³-hybridized carbons (Fsp3) is 0.154. The highest BCUT2D eigenvalue weighted by Crippen LogP contribution is 2.45. The Morgan fingerprint density at radius 2 is 1.56 bits per heavy atom. The number of oxime groups is 1. The lowest BCUT2D eigenvalue weighted by Crippen LogP contribution is -2.48. The van der Waals surface area contributed by atoms with Gasteiger partial charge >= 0.3 is 5.72 Å². The number of Topliss-reactive ketones (excluding diaryl/α,β-unsaturated/α-hetero) is 1. The zero-order valence-electron chi connectivity index (χ0n) is 17.8. The average molecular weight is 422 g/mol. The van der Waals surface area contributed by atoms with E-state index in [2.05, 4.69) is 15.2 Å². The zero-order chi connectivity index (χ0) is 22.1. The molecule has 3 aromatic carbocycles.